The van der Waals surface area contributed by atoms with E-state index in [9.17, 15) is 9.59 Å². The van der Waals surface area contributed by atoms with Crippen LogP contribution in [-0.4, -0.2) is 22.4 Å². The maximum Gasteiger partial charge on any atom is 0.262 e. The van der Waals surface area contributed by atoms with Gasteiger partial charge in [-0.3, -0.25) is 14.2 Å². The van der Waals surface area contributed by atoms with Gasteiger partial charge in [0.05, 0.1) is 25.4 Å². The number of hydrogen-bond donors (Lipinski definition) is 0. The molecule has 27 heavy (non-hydrogen) atoms. The van der Waals surface area contributed by atoms with Gasteiger partial charge in [-0.2, -0.15) is 0 Å². The molecule has 0 aliphatic carbocycles. The summed E-state index contributed by atoms with van der Waals surface area (Å²) >= 11 is 1.47. The fourth-order valence-electron chi connectivity index (χ4n) is 2.86. The van der Waals surface area contributed by atoms with Crippen molar-refractivity contribution in [1.82, 2.24) is 9.55 Å². The van der Waals surface area contributed by atoms with Crippen LogP contribution >= 0.6 is 11.3 Å². The van der Waals surface area contributed by atoms with E-state index in [1.54, 1.807) is 31.4 Å². The Hall–Kier alpha value is -3.25. The molecule has 0 unspecified atom stereocenters. The fraction of sp³-hybridized carbons (Fsp3) is 0.0952. The van der Waals surface area contributed by atoms with E-state index in [1.807, 2.05) is 36.4 Å². The number of hydrogen-bond acceptors (Lipinski definition) is 5. The van der Waals surface area contributed by atoms with Crippen molar-refractivity contribution < 1.29 is 9.53 Å². The number of thiophene rings is 1. The van der Waals surface area contributed by atoms with E-state index in [0.717, 1.165) is 10.4 Å². The minimum atomic E-state index is -0.213. The Labute approximate surface area is 159 Å². The van der Waals surface area contributed by atoms with Gasteiger partial charge >= 0.3 is 0 Å². The quantitative estimate of drug-likeness (QED) is 0.494. The highest BCUT2D eigenvalue weighted by Gasteiger charge is 2.13. The van der Waals surface area contributed by atoms with Gasteiger partial charge in [0.25, 0.3) is 5.56 Å². The molecule has 0 bridgehead atoms. The molecule has 6 heteroatoms. The lowest BCUT2D eigenvalue weighted by molar-refractivity contribution is 0.0970. The minimum Gasteiger partial charge on any atom is -0.497 e. The Morgan fingerprint density at radius 1 is 1.11 bits per heavy atom. The van der Waals surface area contributed by atoms with Gasteiger partial charge in [0.15, 0.2) is 5.78 Å². The highest BCUT2D eigenvalue weighted by Crippen LogP contribution is 2.30. The van der Waals surface area contributed by atoms with Gasteiger partial charge in [-0.05, 0) is 23.8 Å². The lowest BCUT2D eigenvalue weighted by atomic mass is 10.1. The fourth-order valence-corrected chi connectivity index (χ4v) is 3.85. The summed E-state index contributed by atoms with van der Waals surface area (Å²) in [5.74, 6) is 0.433. The number of fused-ring (bicyclic) bond motifs is 1. The summed E-state index contributed by atoms with van der Waals surface area (Å²) < 4.78 is 6.50. The number of ketones is 1. The highest BCUT2D eigenvalue weighted by molar-refractivity contribution is 7.21. The summed E-state index contributed by atoms with van der Waals surface area (Å²) in [5.41, 5.74) is 1.32. The standard InChI is InChI=1S/C21H16N2O3S/c1-26-16-9-5-8-15(10-16)18(24)12-23-13-22-20-17(21(23)25)11-19(27-20)14-6-3-2-4-7-14/h2-11,13H,12H2,1H3. The van der Waals surface area contributed by atoms with Crippen molar-refractivity contribution in [2.45, 2.75) is 6.54 Å². The van der Waals surface area contributed by atoms with Crippen molar-refractivity contribution in [3.63, 3.8) is 0 Å². The van der Waals surface area contributed by atoms with Crippen LogP contribution < -0.4 is 10.3 Å². The molecule has 0 N–H and O–H groups in total. The molecule has 2 aromatic carbocycles. The smallest absolute Gasteiger partial charge is 0.262 e. The molecule has 0 saturated heterocycles. The maximum absolute atomic E-state index is 12.8. The number of aromatic nitrogens is 2. The predicted molar refractivity (Wildman–Crippen MR) is 107 cm³/mol. The first-order valence-corrected chi connectivity index (χ1v) is 9.19. The molecule has 5 nitrogen and oxygen atoms in total. The molecule has 0 atom stereocenters. The third-order valence-corrected chi connectivity index (χ3v) is 5.37. The normalized spacial score (nSPS) is 10.9. The number of nitrogens with zero attached hydrogens (tertiary/aromatic N) is 2. The Morgan fingerprint density at radius 2 is 1.93 bits per heavy atom. The van der Waals surface area contributed by atoms with E-state index >= 15 is 0 Å². The number of benzene rings is 2. The monoisotopic (exact) mass is 376 g/mol. The second-order valence-corrected chi connectivity index (χ2v) is 7.06. The first-order chi connectivity index (χ1) is 13.2. The van der Waals surface area contributed by atoms with Crippen LogP contribution in [0.4, 0.5) is 0 Å². The van der Waals surface area contributed by atoms with Crippen LogP contribution in [0.3, 0.4) is 0 Å². The topological polar surface area (TPSA) is 61.2 Å². The second-order valence-electron chi connectivity index (χ2n) is 6.03. The van der Waals surface area contributed by atoms with E-state index in [0.29, 0.717) is 21.5 Å². The van der Waals surface area contributed by atoms with Crippen molar-refractivity contribution >= 4 is 27.3 Å². The molecule has 134 valence electrons. The molecule has 0 amide bonds. The second kappa shape index (κ2) is 7.17. The van der Waals surface area contributed by atoms with Gasteiger partial charge < -0.3 is 4.74 Å². The molecule has 4 rings (SSSR count). The molecule has 0 fully saturated rings. The van der Waals surface area contributed by atoms with E-state index in [-0.39, 0.29) is 17.9 Å². The van der Waals surface area contributed by atoms with Crippen LogP contribution in [0.5, 0.6) is 5.75 Å². The molecular formula is C21H16N2O3S. The van der Waals surface area contributed by atoms with Gasteiger partial charge in [-0.15, -0.1) is 11.3 Å². The number of ether oxygens (including phenoxy) is 1. The minimum absolute atomic E-state index is 0.0640. The van der Waals surface area contributed by atoms with Crippen LogP contribution in [0, 0.1) is 0 Å². The van der Waals surface area contributed by atoms with E-state index in [2.05, 4.69) is 4.98 Å². The highest BCUT2D eigenvalue weighted by atomic mass is 32.1. The number of carbonyl (C=O) groups is 1. The SMILES string of the molecule is COc1cccc(C(=O)Cn2cnc3sc(-c4ccccc4)cc3c2=O)c1. The first kappa shape index (κ1) is 17.2. The summed E-state index contributed by atoms with van der Waals surface area (Å²) in [5, 5.41) is 0.528. The maximum atomic E-state index is 12.8. The van der Waals surface area contributed by atoms with E-state index < -0.39 is 0 Å². The van der Waals surface area contributed by atoms with Crippen molar-refractivity contribution in [2.75, 3.05) is 7.11 Å². The Bertz CT molecular complexity index is 1180. The molecule has 0 spiro atoms. The van der Waals surface area contributed by atoms with Gasteiger partial charge in [0.2, 0.25) is 0 Å². The average molecular weight is 376 g/mol. The van der Waals surface area contributed by atoms with E-state index in [1.165, 1.54) is 22.2 Å². The number of Topliss-reactive ketones (excluding diaryl/α,β-unsaturated/α-hetero) is 1. The molecular weight excluding hydrogens is 360 g/mol. The lowest BCUT2D eigenvalue weighted by Crippen LogP contribution is -2.24. The molecule has 2 heterocycles. The molecule has 0 aliphatic rings. The third kappa shape index (κ3) is 3.39. The van der Waals surface area contributed by atoms with Crippen molar-refractivity contribution in [1.29, 1.82) is 0 Å². The Morgan fingerprint density at radius 3 is 2.70 bits per heavy atom. The van der Waals surface area contributed by atoms with Crippen LogP contribution in [-0.2, 0) is 6.54 Å². The first-order valence-electron chi connectivity index (χ1n) is 8.37. The van der Waals surface area contributed by atoms with Crippen molar-refractivity contribution in [3.8, 4) is 16.2 Å². The molecule has 0 saturated carbocycles. The molecule has 0 aliphatic heterocycles. The summed E-state index contributed by atoms with van der Waals surface area (Å²) in [7, 11) is 1.55. The average Bonchev–Trinajstić information content (AvgIpc) is 3.16. The van der Waals surface area contributed by atoms with Crippen molar-refractivity contribution in [3.05, 3.63) is 82.9 Å². The summed E-state index contributed by atoms with van der Waals surface area (Å²) in [6, 6.07) is 18.6. The van der Waals surface area contributed by atoms with Gasteiger partial charge in [0, 0.05) is 10.4 Å². The van der Waals surface area contributed by atoms with Gasteiger partial charge in [-0.25, -0.2) is 4.98 Å². The van der Waals surface area contributed by atoms with Gasteiger partial charge in [0.1, 0.15) is 10.6 Å². The molecule has 0 radical (unpaired) electrons. The van der Waals surface area contributed by atoms with Crippen LogP contribution in [0.25, 0.3) is 20.7 Å². The lowest BCUT2D eigenvalue weighted by Gasteiger charge is -2.06. The van der Waals surface area contributed by atoms with Gasteiger partial charge in [-0.1, -0.05) is 42.5 Å². The zero-order chi connectivity index (χ0) is 18.8. The summed E-state index contributed by atoms with van der Waals surface area (Å²) in [4.78, 5) is 31.4. The Balaban J connectivity index is 1.67. The predicted octanol–water partition coefficient (Wildman–Crippen LogP) is 4.02. The van der Waals surface area contributed by atoms with Crippen LogP contribution in [0.1, 0.15) is 10.4 Å². The number of rotatable bonds is 5. The molecule has 2 aromatic heterocycles. The van der Waals surface area contributed by atoms with Crippen LogP contribution in [0.2, 0.25) is 0 Å². The number of carbonyl (C=O) groups excluding carboxylic acids is 1. The Kier molecular flexibility index (Phi) is 4.56. The zero-order valence-corrected chi connectivity index (χ0v) is 15.4. The summed E-state index contributed by atoms with van der Waals surface area (Å²) in [6.07, 6.45) is 1.44. The zero-order valence-electron chi connectivity index (χ0n) is 14.6. The number of methoxy groups -OCH3 is 1. The van der Waals surface area contributed by atoms with Crippen LogP contribution in [0.15, 0.2) is 71.8 Å². The van der Waals surface area contributed by atoms with E-state index in [4.69, 9.17) is 4.74 Å². The largest absolute Gasteiger partial charge is 0.497 e. The third-order valence-electron chi connectivity index (χ3n) is 4.28. The van der Waals surface area contributed by atoms with Crippen molar-refractivity contribution in [2.24, 2.45) is 0 Å². The summed E-state index contributed by atoms with van der Waals surface area (Å²) in [6.45, 7) is -0.0640. The molecule has 4 aromatic rings.